The van der Waals surface area contributed by atoms with Crippen molar-refractivity contribution in [2.45, 2.75) is 13.5 Å². The Kier molecular flexibility index (Phi) is 2.97. The molecule has 1 aliphatic heterocycles. The van der Waals surface area contributed by atoms with E-state index < -0.39 is 0 Å². The van der Waals surface area contributed by atoms with Gasteiger partial charge in [-0.2, -0.15) is 5.10 Å². The maximum Gasteiger partial charge on any atom is 0.261 e. The average Bonchev–Trinajstić information content (AvgIpc) is 2.82. The number of carbonyl (C=O) groups excluding carboxylic acids is 2. The Bertz CT molecular complexity index is 701. The Labute approximate surface area is 124 Å². The van der Waals surface area contributed by atoms with Gasteiger partial charge in [0.15, 0.2) is 0 Å². The minimum Gasteiger partial charge on any atom is -0.269 e. The standard InChI is InChI=1S/C14H12BrN3O2/c1-8-12(15)11(17(2)16-8)7-18-13(19)9-5-3-4-6-10(9)14(18)20/h3-6H,7H2,1-2H3. The molecule has 0 spiro atoms. The van der Waals surface area contributed by atoms with Crippen molar-refractivity contribution in [1.82, 2.24) is 14.7 Å². The summed E-state index contributed by atoms with van der Waals surface area (Å²) in [5.74, 6) is -0.507. The highest BCUT2D eigenvalue weighted by Gasteiger charge is 2.36. The summed E-state index contributed by atoms with van der Waals surface area (Å²) in [6, 6.07) is 6.88. The SMILES string of the molecule is Cc1nn(C)c(CN2C(=O)c3ccccc3C2=O)c1Br. The Morgan fingerprint density at radius 2 is 1.70 bits per heavy atom. The highest BCUT2D eigenvalue weighted by Crippen LogP contribution is 2.27. The summed E-state index contributed by atoms with van der Waals surface area (Å²) in [6.07, 6.45) is 0. The molecule has 0 fully saturated rings. The summed E-state index contributed by atoms with van der Waals surface area (Å²) in [4.78, 5) is 25.9. The van der Waals surface area contributed by atoms with E-state index in [1.165, 1.54) is 4.90 Å². The number of aryl methyl sites for hydroxylation is 2. The van der Waals surface area contributed by atoms with Gasteiger partial charge in [0.1, 0.15) is 0 Å². The Balaban J connectivity index is 1.98. The smallest absolute Gasteiger partial charge is 0.261 e. The average molecular weight is 334 g/mol. The number of imide groups is 1. The third kappa shape index (κ3) is 1.79. The molecule has 0 aliphatic carbocycles. The van der Waals surface area contributed by atoms with E-state index >= 15 is 0 Å². The molecule has 0 N–H and O–H groups in total. The highest BCUT2D eigenvalue weighted by atomic mass is 79.9. The topological polar surface area (TPSA) is 55.2 Å². The molecule has 1 aromatic carbocycles. The maximum absolute atomic E-state index is 12.3. The van der Waals surface area contributed by atoms with Gasteiger partial charge in [0, 0.05) is 7.05 Å². The van der Waals surface area contributed by atoms with Crippen LogP contribution in [-0.2, 0) is 13.6 Å². The molecule has 20 heavy (non-hydrogen) atoms. The summed E-state index contributed by atoms with van der Waals surface area (Å²) in [6.45, 7) is 2.08. The van der Waals surface area contributed by atoms with Crippen LogP contribution in [-0.4, -0.2) is 26.5 Å². The third-order valence-corrected chi connectivity index (χ3v) is 4.48. The van der Waals surface area contributed by atoms with Crippen molar-refractivity contribution in [3.05, 3.63) is 51.3 Å². The Morgan fingerprint density at radius 1 is 1.15 bits per heavy atom. The number of amides is 2. The zero-order chi connectivity index (χ0) is 14.4. The lowest BCUT2D eigenvalue weighted by Gasteiger charge is -2.14. The molecular weight excluding hydrogens is 322 g/mol. The van der Waals surface area contributed by atoms with Gasteiger partial charge in [0.2, 0.25) is 0 Å². The number of aromatic nitrogens is 2. The summed E-state index contributed by atoms with van der Waals surface area (Å²) in [7, 11) is 1.80. The second-order valence-corrected chi connectivity index (χ2v) is 5.50. The number of hydrogen-bond acceptors (Lipinski definition) is 3. The van der Waals surface area contributed by atoms with E-state index in [1.807, 2.05) is 6.92 Å². The molecule has 2 heterocycles. The number of benzene rings is 1. The van der Waals surface area contributed by atoms with Gasteiger partial charge in [-0.1, -0.05) is 12.1 Å². The fourth-order valence-electron chi connectivity index (χ4n) is 2.38. The molecule has 5 nitrogen and oxygen atoms in total. The van der Waals surface area contributed by atoms with Crippen LogP contribution in [0.2, 0.25) is 0 Å². The second-order valence-electron chi connectivity index (χ2n) is 4.71. The van der Waals surface area contributed by atoms with Crippen LogP contribution in [0.3, 0.4) is 0 Å². The number of nitrogens with zero attached hydrogens (tertiary/aromatic N) is 3. The van der Waals surface area contributed by atoms with E-state index in [4.69, 9.17) is 0 Å². The van der Waals surface area contributed by atoms with Crippen LogP contribution in [0, 0.1) is 6.92 Å². The fourth-order valence-corrected chi connectivity index (χ4v) is 2.85. The predicted molar refractivity (Wildman–Crippen MR) is 76.3 cm³/mol. The first-order valence-corrected chi connectivity index (χ1v) is 6.93. The van der Waals surface area contributed by atoms with Crippen molar-refractivity contribution in [1.29, 1.82) is 0 Å². The van der Waals surface area contributed by atoms with Gasteiger partial charge in [0.25, 0.3) is 11.8 Å². The summed E-state index contributed by atoms with van der Waals surface area (Å²) < 4.78 is 2.51. The van der Waals surface area contributed by atoms with Crippen molar-refractivity contribution in [2.24, 2.45) is 7.05 Å². The molecule has 0 saturated heterocycles. The molecule has 0 saturated carbocycles. The molecule has 0 atom stereocenters. The van der Waals surface area contributed by atoms with Gasteiger partial charge in [-0.15, -0.1) is 0 Å². The first-order chi connectivity index (χ1) is 9.50. The molecule has 3 rings (SSSR count). The van der Waals surface area contributed by atoms with Crippen molar-refractivity contribution >= 4 is 27.7 Å². The summed E-state index contributed by atoms with van der Waals surface area (Å²) in [5, 5.41) is 4.27. The van der Waals surface area contributed by atoms with Gasteiger partial charge in [-0.3, -0.25) is 19.2 Å². The number of carbonyl (C=O) groups is 2. The van der Waals surface area contributed by atoms with Crippen LogP contribution in [0.5, 0.6) is 0 Å². The van der Waals surface area contributed by atoms with Crippen LogP contribution in [0.25, 0.3) is 0 Å². The van der Waals surface area contributed by atoms with E-state index in [1.54, 1.807) is 36.0 Å². The predicted octanol–water partition coefficient (Wildman–Crippen LogP) is 2.29. The van der Waals surface area contributed by atoms with Crippen molar-refractivity contribution in [3.63, 3.8) is 0 Å². The lowest BCUT2D eigenvalue weighted by molar-refractivity contribution is 0.0638. The van der Waals surface area contributed by atoms with E-state index in [2.05, 4.69) is 21.0 Å². The number of fused-ring (bicyclic) bond motifs is 1. The molecule has 0 unspecified atom stereocenters. The minimum atomic E-state index is -0.253. The van der Waals surface area contributed by atoms with Crippen LogP contribution in [0.15, 0.2) is 28.7 Å². The number of halogens is 1. The summed E-state index contributed by atoms with van der Waals surface area (Å²) in [5.41, 5.74) is 2.57. The van der Waals surface area contributed by atoms with Gasteiger partial charge in [-0.25, -0.2) is 0 Å². The van der Waals surface area contributed by atoms with Crippen LogP contribution < -0.4 is 0 Å². The summed E-state index contributed by atoms with van der Waals surface area (Å²) >= 11 is 3.45. The Hall–Kier alpha value is -1.95. The molecule has 102 valence electrons. The van der Waals surface area contributed by atoms with Crippen LogP contribution in [0.1, 0.15) is 32.1 Å². The largest absolute Gasteiger partial charge is 0.269 e. The van der Waals surface area contributed by atoms with E-state index in [0.717, 1.165) is 15.9 Å². The van der Waals surface area contributed by atoms with Crippen molar-refractivity contribution in [3.8, 4) is 0 Å². The van der Waals surface area contributed by atoms with Crippen LogP contribution >= 0.6 is 15.9 Å². The molecule has 2 aromatic rings. The zero-order valence-corrected chi connectivity index (χ0v) is 12.6. The van der Waals surface area contributed by atoms with Crippen molar-refractivity contribution in [2.75, 3.05) is 0 Å². The Morgan fingerprint density at radius 3 is 2.15 bits per heavy atom. The van der Waals surface area contributed by atoms with Crippen LogP contribution in [0.4, 0.5) is 0 Å². The lowest BCUT2D eigenvalue weighted by atomic mass is 10.1. The number of hydrogen-bond donors (Lipinski definition) is 0. The van der Waals surface area contributed by atoms with E-state index in [9.17, 15) is 9.59 Å². The van der Waals surface area contributed by atoms with Crippen molar-refractivity contribution < 1.29 is 9.59 Å². The van der Waals surface area contributed by atoms with Gasteiger partial charge in [0.05, 0.1) is 33.5 Å². The van der Waals surface area contributed by atoms with E-state index in [0.29, 0.717) is 11.1 Å². The lowest BCUT2D eigenvalue weighted by Crippen LogP contribution is -2.30. The number of rotatable bonds is 2. The minimum absolute atomic E-state index is 0.213. The molecular formula is C14H12BrN3O2. The molecule has 6 heteroatoms. The molecule has 1 aliphatic rings. The van der Waals surface area contributed by atoms with Gasteiger partial charge >= 0.3 is 0 Å². The monoisotopic (exact) mass is 333 g/mol. The third-order valence-electron chi connectivity index (χ3n) is 3.45. The fraction of sp³-hybridized carbons (Fsp3) is 0.214. The molecule has 0 bridgehead atoms. The first-order valence-electron chi connectivity index (χ1n) is 6.14. The molecule has 0 radical (unpaired) electrons. The normalized spacial score (nSPS) is 14.1. The van der Waals surface area contributed by atoms with Gasteiger partial charge in [-0.05, 0) is 35.0 Å². The van der Waals surface area contributed by atoms with Gasteiger partial charge < -0.3 is 0 Å². The first kappa shape index (κ1) is 13.1. The second kappa shape index (κ2) is 4.56. The maximum atomic E-state index is 12.3. The quantitative estimate of drug-likeness (QED) is 0.792. The highest BCUT2D eigenvalue weighted by molar-refractivity contribution is 9.10. The zero-order valence-electron chi connectivity index (χ0n) is 11.1. The van der Waals surface area contributed by atoms with E-state index in [-0.39, 0.29) is 18.4 Å². The molecule has 2 amide bonds. The molecule has 1 aromatic heterocycles.